The molecule has 28 heavy (non-hydrogen) atoms. The maximum Gasteiger partial charge on any atom is 0.237 e. The lowest BCUT2D eigenvalue weighted by molar-refractivity contribution is -0.115. The Morgan fingerprint density at radius 2 is 1.82 bits per heavy atom. The van der Waals surface area contributed by atoms with Crippen LogP contribution in [0.1, 0.15) is 34.6 Å². The zero-order valence-corrected chi connectivity index (χ0v) is 18.8. The van der Waals surface area contributed by atoms with E-state index in [1.54, 1.807) is 25.1 Å². The number of carbonyl (C=O) groups excluding carboxylic acids is 1. The molecule has 0 saturated heterocycles. The van der Waals surface area contributed by atoms with Crippen molar-refractivity contribution in [2.24, 2.45) is 0 Å². The van der Waals surface area contributed by atoms with Gasteiger partial charge < -0.3 is 16.0 Å². The van der Waals surface area contributed by atoms with E-state index in [-0.39, 0.29) is 11.4 Å². The van der Waals surface area contributed by atoms with Crippen molar-refractivity contribution in [1.29, 1.82) is 0 Å². The van der Waals surface area contributed by atoms with Crippen LogP contribution in [0.15, 0.2) is 23.4 Å². The Labute approximate surface area is 179 Å². The van der Waals surface area contributed by atoms with Crippen molar-refractivity contribution in [3.63, 3.8) is 0 Å². The Morgan fingerprint density at radius 1 is 1.14 bits per heavy atom. The average molecular weight is 443 g/mol. The first-order valence-electron chi connectivity index (χ1n) is 8.78. The van der Waals surface area contributed by atoms with Crippen LogP contribution in [0, 0.1) is 0 Å². The lowest BCUT2D eigenvalue weighted by Gasteiger charge is -2.21. The van der Waals surface area contributed by atoms with E-state index in [2.05, 4.69) is 30.9 Å². The van der Waals surface area contributed by atoms with Crippen molar-refractivity contribution in [3.8, 4) is 0 Å². The molecule has 0 unspecified atom stereocenters. The maximum atomic E-state index is 12.5. The molecule has 0 radical (unpaired) electrons. The number of nitrogens with one attached hydrogen (secondary N) is 3. The Balaban J connectivity index is 2.13. The molecular formula is C18H24Cl2N6OS. The smallest absolute Gasteiger partial charge is 0.237 e. The van der Waals surface area contributed by atoms with Crippen LogP contribution in [0.2, 0.25) is 10.0 Å². The van der Waals surface area contributed by atoms with Crippen molar-refractivity contribution < 1.29 is 4.79 Å². The predicted octanol–water partition coefficient (Wildman–Crippen LogP) is 4.94. The van der Waals surface area contributed by atoms with Crippen LogP contribution in [0.25, 0.3) is 0 Å². The van der Waals surface area contributed by atoms with Gasteiger partial charge >= 0.3 is 0 Å². The largest absolute Gasteiger partial charge is 0.354 e. The molecule has 0 bridgehead atoms. The molecule has 0 aliphatic heterocycles. The van der Waals surface area contributed by atoms with E-state index in [4.69, 9.17) is 23.2 Å². The van der Waals surface area contributed by atoms with Crippen molar-refractivity contribution in [1.82, 2.24) is 15.0 Å². The SMILES string of the molecule is CCNc1nc(NC(C)(C)C)nc(S[C@H](C)C(=O)Nc2ccc(Cl)c(Cl)c2)n1. The van der Waals surface area contributed by atoms with Gasteiger partial charge in [-0.2, -0.15) is 15.0 Å². The van der Waals surface area contributed by atoms with Gasteiger partial charge in [-0.1, -0.05) is 35.0 Å². The third kappa shape index (κ3) is 7.00. The van der Waals surface area contributed by atoms with E-state index in [1.165, 1.54) is 11.8 Å². The number of aromatic nitrogens is 3. The molecule has 2 aromatic rings. The van der Waals surface area contributed by atoms with Gasteiger partial charge in [-0.15, -0.1) is 0 Å². The molecule has 1 atom stereocenters. The van der Waals surface area contributed by atoms with Crippen LogP contribution >= 0.6 is 35.0 Å². The average Bonchev–Trinajstić information content (AvgIpc) is 2.56. The maximum absolute atomic E-state index is 12.5. The lowest BCUT2D eigenvalue weighted by Crippen LogP contribution is -2.28. The number of thioether (sulfide) groups is 1. The van der Waals surface area contributed by atoms with Crippen molar-refractivity contribution in [2.75, 3.05) is 22.5 Å². The zero-order valence-electron chi connectivity index (χ0n) is 16.4. The fraction of sp³-hybridized carbons (Fsp3) is 0.444. The van der Waals surface area contributed by atoms with Crippen LogP contribution in [0.4, 0.5) is 17.6 Å². The summed E-state index contributed by atoms with van der Waals surface area (Å²) in [5.74, 6) is 0.723. The third-order valence-electron chi connectivity index (χ3n) is 3.28. The minimum Gasteiger partial charge on any atom is -0.354 e. The van der Waals surface area contributed by atoms with Gasteiger partial charge in [-0.05, 0) is 52.8 Å². The van der Waals surface area contributed by atoms with Gasteiger partial charge in [0.25, 0.3) is 0 Å². The van der Waals surface area contributed by atoms with Crippen LogP contribution in [0.5, 0.6) is 0 Å². The molecule has 152 valence electrons. The summed E-state index contributed by atoms with van der Waals surface area (Å²) in [7, 11) is 0. The molecule has 3 N–H and O–H groups in total. The summed E-state index contributed by atoms with van der Waals surface area (Å²) in [6, 6.07) is 4.94. The minimum absolute atomic E-state index is 0.195. The number of amides is 1. The Morgan fingerprint density at radius 3 is 2.43 bits per heavy atom. The normalized spacial score (nSPS) is 12.4. The van der Waals surface area contributed by atoms with E-state index in [0.717, 1.165) is 0 Å². The molecule has 10 heteroatoms. The Hall–Kier alpha value is -1.77. The first-order valence-corrected chi connectivity index (χ1v) is 10.4. The molecule has 1 aromatic heterocycles. The molecule has 0 saturated carbocycles. The first-order chi connectivity index (χ1) is 13.1. The molecule has 1 aromatic carbocycles. The summed E-state index contributed by atoms with van der Waals surface area (Å²) in [6.07, 6.45) is 0. The van der Waals surface area contributed by atoms with E-state index >= 15 is 0 Å². The second kappa shape index (κ2) is 9.62. The van der Waals surface area contributed by atoms with Gasteiger partial charge in [0.15, 0.2) is 5.16 Å². The van der Waals surface area contributed by atoms with Gasteiger partial charge in [0, 0.05) is 17.8 Å². The highest BCUT2D eigenvalue weighted by molar-refractivity contribution is 8.00. The van der Waals surface area contributed by atoms with E-state index < -0.39 is 5.25 Å². The van der Waals surface area contributed by atoms with Crippen molar-refractivity contribution in [3.05, 3.63) is 28.2 Å². The molecule has 0 aliphatic carbocycles. The molecule has 7 nitrogen and oxygen atoms in total. The highest BCUT2D eigenvalue weighted by Gasteiger charge is 2.19. The summed E-state index contributed by atoms with van der Waals surface area (Å²) in [6.45, 7) is 10.5. The third-order valence-corrected chi connectivity index (χ3v) is 4.98. The van der Waals surface area contributed by atoms with Gasteiger partial charge in [0.05, 0.1) is 15.3 Å². The highest BCUT2D eigenvalue weighted by Crippen LogP contribution is 2.27. The fourth-order valence-electron chi connectivity index (χ4n) is 2.07. The number of halogens is 2. The molecule has 0 fully saturated rings. The summed E-state index contributed by atoms with van der Waals surface area (Å²) in [4.78, 5) is 25.7. The summed E-state index contributed by atoms with van der Waals surface area (Å²) in [5.41, 5.74) is 0.370. The summed E-state index contributed by atoms with van der Waals surface area (Å²) < 4.78 is 0. The number of hydrogen-bond donors (Lipinski definition) is 3. The molecule has 2 rings (SSSR count). The summed E-state index contributed by atoms with van der Waals surface area (Å²) >= 11 is 13.1. The van der Waals surface area contributed by atoms with E-state index in [9.17, 15) is 4.79 Å². The molecular weight excluding hydrogens is 419 g/mol. The van der Waals surface area contributed by atoms with Gasteiger partial charge in [-0.3, -0.25) is 4.79 Å². The molecule has 0 aliphatic rings. The number of anilines is 3. The quantitative estimate of drug-likeness (QED) is 0.522. The topological polar surface area (TPSA) is 91.8 Å². The number of carbonyl (C=O) groups is 1. The van der Waals surface area contributed by atoms with E-state index in [0.29, 0.717) is 39.3 Å². The van der Waals surface area contributed by atoms with E-state index in [1.807, 2.05) is 27.7 Å². The molecule has 1 amide bonds. The Kier molecular flexibility index (Phi) is 7.74. The van der Waals surface area contributed by atoms with Crippen molar-refractivity contribution in [2.45, 2.75) is 50.6 Å². The number of hydrogen-bond acceptors (Lipinski definition) is 7. The van der Waals surface area contributed by atoms with Crippen molar-refractivity contribution >= 4 is 58.5 Å². The minimum atomic E-state index is -0.436. The van der Waals surface area contributed by atoms with Gasteiger partial charge in [0.1, 0.15) is 0 Å². The fourth-order valence-corrected chi connectivity index (χ4v) is 3.13. The van der Waals surface area contributed by atoms with Crippen LogP contribution in [-0.2, 0) is 4.79 Å². The summed E-state index contributed by atoms with van der Waals surface area (Å²) in [5, 5.41) is 9.96. The van der Waals surface area contributed by atoms with Crippen LogP contribution in [0.3, 0.4) is 0 Å². The molecule has 1 heterocycles. The first kappa shape index (κ1) is 22.5. The second-order valence-electron chi connectivity index (χ2n) is 7.05. The van der Waals surface area contributed by atoms with Crippen LogP contribution in [-0.4, -0.2) is 38.2 Å². The standard InChI is InChI=1S/C18H24Cl2N6OS/c1-6-21-15-23-16(26-18(3,4)5)25-17(24-15)28-10(2)14(27)22-11-7-8-12(19)13(20)9-11/h7-10H,6H2,1-5H3,(H,22,27)(H2,21,23,24,25,26)/t10-/m1/s1. The molecule has 0 spiro atoms. The number of benzene rings is 1. The second-order valence-corrected chi connectivity index (χ2v) is 9.17. The number of rotatable bonds is 7. The monoisotopic (exact) mass is 442 g/mol. The van der Waals surface area contributed by atoms with Gasteiger partial charge in [-0.25, -0.2) is 0 Å². The Bertz CT molecular complexity index is 843. The predicted molar refractivity (Wildman–Crippen MR) is 118 cm³/mol. The highest BCUT2D eigenvalue weighted by atomic mass is 35.5. The zero-order chi connectivity index (χ0) is 20.9. The lowest BCUT2D eigenvalue weighted by atomic mass is 10.1. The van der Waals surface area contributed by atoms with Crippen LogP contribution < -0.4 is 16.0 Å². The van der Waals surface area contributed by atoms with Gasteiger partial charge in [0.2, 0.25) is 17.8 Å². The number of nitrogens with zero attached hydrogens (tertiary/aromatic N) is 3.